The number of hydrogen-bond acceptors (Lipinski definition) is 4. The molecule has 4 nitrogen and oxygen atoms in total. The first kappa shape index (κ1) is 22.4. The van der Waals surface area contributed by atoms with Crippen LogP contribution in [0.1, 0.15) is 0 Å². The topological polar surface area (TPSA) is 80.3 Å². The van der Waals surface area contributed by atoms with Gasteiger partial charge in [0.15, 0.2) is 0 Å². The van der Waals surface area contributed by atoms with Crippen LogP contribution in [0.2, 0.25) is 0 Å². The molecule has 0 aromatic carbocycles. The molecule has 0 rings (SSSR count). The fourth-order valence-corrected chi connectivity index (χ4v) is 0. The van der Waals surface area contributed by atoms with E-state index in [0.717, 1.165) is 0 Å². The number of hydrogen-bond donors (Lipinski definition) is 0. The van der Waals surface area contributed by atoms with Gasteiger partial charge in [-0.15, -0.1) is 0 Å². The Kier molecular flexibility index (Phi) is 27.2. The van der Waals surface area contributed by atoms with Crippen LogP contribution < -0.4 is 59.8 Å². The van der Waals surface area contributed by atoms with E-state index >= 15 is 0 Å². The summed E-state index contributed by atoms with van der Waals surface area (Å²) in [5, 5.41) is 0. The molecule has 48 valence electrons. The van der Waals surface area contributed by atoms with Crippen LogP contribution in [-0.2, 0) is 55.2 Å². The van der Waals surface area contributed by atoms with Crippen LogP contribution >= 0.6 is 0 Å². The van der Waals surface area contributed by atoms with Crippen molar-refractivity contribution in [2.75, 3.05) is 0 Å². The second-order valence-electron chi connectivity index (χ2n) is 0.378. The minimum atomic E-state index is -5.62. The van der Waals surface area contributed by atoms with Crippen LogP contribution in [0.3, 0.4) is 0 Å². The van der Waals surface area contributed by atoms with Crippen molar-refractivity contribution in [1.29, 1.82) is 0 Å². The van der Waals surface area contributed by atoms with Crippen molar-refractivity contribution in [2.45, 2.75) is 0 Å². The predicted octanol–water partition coefficient (Wildman–Crippen LogP) is -5.62. The van der Waals surface area contributed by atoms with Crippen molar-refractivity contribution in [2.24, 2.45) is 0 Å². The molecule has 8 heavy (non-hydrogen) atoms. The molecule has 1 radical (unpaired) electrons. The van der Waals surface area contributed by atoms with E-state index in [9.17, 15) is 0 Å². The molecule has 0 N–H and O–H groups in total. The Morgan fingerprint density at radius 3 is 1.12 bits per heavy atom. The molecule has 0 aliphatic carbocycles. The second-order valence-corrected chi connectivity index (χ2v) is 1.56. The monoisotopic (exact) mass is 277 g/mol. The van der Waals surface area contributed by atoms with Crippen molar-refractivity contribution < 1.29 is 115 Å². The van der Waals surface area contributed by atoms with Gasteiger partial charge in [0.05, 0.1) is 0 Å². The third-order valence-corrected chi connectivity index (χ3v) is 0. The standard InChI is InChI=1S/Cu.Fe.K.Mn.4O/q2*+2;+1;;;;2*-1. The summed E-state index contributed by atoms with van der Waals surface area (Å²) in [6, 6.07) is 0. The molecule has 0 bridgehead atoms. The maximum absolute atomic E-state index is 8.58. The van der Waals surface area contributed by atoms with E-state index in [-0.39, 0.29) is 85.5 Å². The van der Waals surface area contributed by atoms with Crippen molar-refractivity contribution in [3.8, 4) is 0 Å². The van der Waals surface area contributed by atoms with Gasteiger partial charge < -0.3 is 0 Å². The van der Waals surface area contributed by atoms with Gasteiger partial charge in [-0.25, -0.2) is 0 Å². The van der Waals surface area contributed by atoms with E-state index in [1.165, 1.54) is 0 Å². The Morgan fingerprint density at radius 2 is 1.12 bits per heavy atom. The maximum atomic E-state index is 8.58. The molecule has 0 spiro atoms. The summed E-state index contributed by atoms with van der Waals surface area (Å²) < 4.78 is 34.3. The Bertz CT molecular complexity index is 99.2. The molecular weight excluding hydrogens is 277 g/mol. The molecule has 0 amide bonds. The van der Waals surface area contributed by atoms with E-state index in [1.54, 1.807) is 0 Å². The van der Waals surface area contributed by atoms with Gasteiger partial charge in [-0.3, -0.25) is 0 Å². The molecule has 0 aliphatic rings. The molecule has 0 heterocycles. The molecule has 8 heteroatoms. The van der Waals surface area contributed by atoms with Gasteiger partial charge in [0.25, 0.3) is 0 Å². The quantitative estimate of drug-likeness (QED) is 0.414. The van der Waals surface area contributed by atoms with E-state index < -0.39 is 13.4 Å². The summed E-state index contributed by atoms with van der Waals surface area (Å²) >= 11 is -5.62. The van der Waals surface area contributed by atoms with Gasteiger partial charge in [-0.05, 0) is 0 Å². The third-order valence-electron chi connectivity index (χ3n) is 0. The molecule has 0 aromatic heterocycles. The molecule has 0 saturated heterocycles. The van der Waals surface area contributed by atoms with Gasteiger partial charge in [0.1, 0.15) is 0 Å². The molecule has 0 fully saturated rings. The summed E-state index contributed by atoms with van der Waals surface area (Å²) in [6.45, 7) is 0. The predicted molar refractivity (Wildman–Crippen MR) is 1.37 cm³/mol. The van der Waals surface area contributed by atoms with Crippen molar-refractivity contribution in [3.05, 3.63) is 0 Å². The Morgan fingerprint density at radius 1 is 1.12 bits per heavy atom. The average Bonchev–Trinajstić information content (AvgIpc) is 0.722. The fourth-order valence-electron chi connectivity index (χ4n) is 0. The normalized spacial score (nSPS) is 7.25. The van der Waals surface area contributed by atoms with Crippen LogP contribution in [0.25, 0.3) is 0 Å². The minimum absolute atomic E-state index is 0. The third kappa shape index (κ3) is 70.4. The summed E-state index contributed by atoms with van der Waals surface area (Å²) in [7, 11) is 0. The molecule has 0 unspecified atom stereocenters. The zero-order valence-corrected chi connectivity index (χ0v) is 10.0. The first-order valence-electron chi connectivity index (χ1n) is 0.617. The van der Waals surface area contributed by atoms with Gasteiger partial charge in [0, 0.05) is 0 Å². The molecule has 0 aliphatic heterocycles. The van der Waals surface area contributed by atoms with Crippen LogP contribution in [0.15, 0.2) is 0 Å². The van der Waals surface area contributed by atoms with Gasteiger partial charge >= 0.3 is 115 Å². The van der Waals surface area contributed by atoms with Crippen LogP contribution in [0.5, 0.6) is 0 Å². The SMILES string of the molecule is [Cu+2].[Fe+2].[K+].[O]=[Mn](=[O])([O-])[O-]. The first-order valence-corrected chi connectivity index (χ1v) is 2.54. The van der Waals surface area contributed by atoms with E-state index in [1.807, 2.05) is 0 Å². The van der Waals surface area contributed by atoms with Gasteiger partial charge in [-0.2, -0.15) is 0 Å². The fraction of sp³-hybridized carbons (Fsp3) is 0. The van der Waals surface area contributed by atoms with E-state index in [2.05, 4.69) is 0 Å². The molecular formula is CuFeKMnO4+3. The van der Waals surface area contributed by atoms with Crippen molar-refractivity contribution >= 4 is 0 Å². The van der Waals surface area contributed by atoms with Crippen LogP contribution in [0, 0.1) is 0 Å². The summed E-state index contributed by atoms with van der Waals surface area (Å²) in [5.41, 5.74) is 0. The summed E-state index contributed by atoms with van der Waals surface area (Å²) in [4.78, 5) is 0. The summed E-state index contributed by atoms with van der Waals surface area (Å²) in [6.07, 6.45) is 0. The van der Waals surface area contributed by atoms with E-state index in [4.69, 9.17) is 16.0 Å². The zero-order valence-electron chi connectivity index (χ0n) is 3.67. The number of rotatable bonds is 0. The zero-order chi connectivity index (χ0) is 4.50. The molecule has 0 saturated carbocycles. The summed E-state index contributed by atoms with van der Waals surface area (Å²) in [5.74, 6) is 0. The molecule has 0 atom stereocenters. The Labute approximate surface area is 112 Å². The van der Waals surface area contributed by atoms with E-state index in [0.29, 0.717) is 0 Å². The molecule has 0 aromatic rings. The van der Waals surface area contributed by atoms with Crippen LogP contribution in [-0.4, -0.2) is 0 Å². The average molecular weight is 277 g/mol. The van der Waals surface area contributed by atoms with Gasteiger partial charge in [0.2, 0.25) is 0 Å². The second kappa shape index (κ2) is 9.71. The Balaban J connectivity index is -0.0000000267. The first-order chi connectivity index (χ1) is 2.00. The van der Waals surface area contributed by atoms with Crippen molar-refractivity contribution in [1.82, 2.24) is 0 Å². The van der Waals surface area contributed by atoms with Gasteiger partial charge in [-0.1, -0.05) is 0 Å². The van der Waals surface area contributed by atoms with Crippen molar-refractivity contribution in [3.63, 3.8) is 0 Å². The van der Waals surface area contributed by atoms with Crippen LogP contribution in [0.4, 0.5) is 0 Å². The Hall–Kier alpha value is 2.71.